The Kier molecular flexibility index (Phi) is 15.1. The summed E-state index contributed by atoms with van der Waals surface area (Å²) in [4.78, 5) is 9.76. The van der Waals surface area contributed by atoms with Gasteiger partial charge in [0.15, 0.2) is 0 Å². The Balaban J connectivity index is 3.64. The quantitative estimate of drug-likeness (QED) is 0.269. The first-order valence-corrected chi connectivity index (χ1v) is 12.2. The molecule has 0 aliphatic carbocycles. The summed E-state index contributed by atoms with van der Waals surface area (Å²) < 4.78 is 0. The van der Waals surface area contributed by atoms with Gasteiger partial charge in [-0.25, -0.2) is 0 Å². The molecule has 1 unspecified atom stereocenters. The van der Waals surface area contributed by atoms with E-state index in [2.05, 4.69) is 26.1 Å². The molecule has 0 aliphatic rings. The highest BCUT2D eigenvalue weighted by Crippen LogP contribution is 2.29. The second kappa shape index (κ2) is 14.4. The van der Waals surface area contributed by atoms with Crippen LogP contribution in [0.1, 0.15) is 78.1 Å². The molecule has 4 heteroatoms. The van der Waals surface area contributed by atoms with Crippen molar-refractivity contribution in [2.24, 2.45) is 0 Å². The summed E-state index contributed by atoms with van der Waals surface area (Å²) in [7, 11) is 0.198. The molecule has 0 spiro atoms. The molecular weight excluding hydrogens is 279 g/mol. The van der Waals surface area contributed by atoms with Crippen LogP contribution >= 0.6 is 18.4 Å². The van der Waals surface area contributed by atoms with Crippen molar-refractivity contribution in [2.45, 2.75) is 78.1 Å². The van der Waals surface area contributed by atoms with Crippen molar-refractivity contribution >= 4 is 28.4 Å². The maximum Gasteiger partial charge on any atom is 0.353 e. The molecule has 110 valence electrons. The van der Waals surface area contributed by atoms with Gasteiger partial charge in [-0.05, 0) is 12.8 Å². The molecule has 0 aromatic heterocycles. The van der Waals surface area contributed by atoms with Crippen LogP contribution in [-0.4, -0.2) is 16.4 Å². The third-order valence-electron chi connectivity index (χ3n) is 3.20. The number of unbranched alkanes of at least 4 members (excludes halogenated alkanes) is 8. The first-order valence-electron chi connectivity index (χ1n) is 7.57. The Morgan fingerprint density at radius 3 is 1.50 bits per heavy atom. The van der Waals surface area contributed by atoms with Gasteiger partial charge >= 0.3 is 6.13 Å². The smallest absolute Gasteiger partial charge is 0.178 e. The monoisotopic (exact) mass is 311 g/mol. The molecule has 1 nitrogen and oxygen atoms in total. The third-order valence-corrected chi connectivity index (χ3v) is 9.74. The predicted molar refractivity (Wildman–Crippen MR) is 92.7 cm³/mol. The topological polar surface area (TPSA) is 20.2 Å². The SMILES string of the molecule is CCCCCCCS(CCCCCCC)=[P+](O)S. The van der Waals surface area contributed by atoms with Crippen LogP contribution in [0, 0.1) is 0 Å². The van der Waals surface area contributed by atoms with E-state index in [1.807, 2.05) is 0 Å². The molecule has 0 bridgehead atoms. The van der Waals surface area contributed by atoms with Crippen molar-refractivity contribution in [3.63, 3.8) is 0 Å². The van der Waals surface area contributed by atoms with E-state index in [0.717, 1.165) is 0 Å². The number of hydrogen-bond acceptors (Lipinski definition) is 0. The van der Waals surface area contributed by atoms with E-state index in [9.17, 15) is 4.89 Å². The van der Waals surface area contributed by atoms with Crippen LogP contribution in [0.4, 0.5) is 0 Å². The molecule has 0 aromatic rings. The number of rotatable bonds is 12. The summed E-state index contributed by atoms with van der Waals surface area (Å²) in [6, 6.07) is 0. The van der Waals surface area contributed by atoms with Gasteiger partial charge in [-0.3, -0.25) is 0 Å². The lowest BCUT2D eigenvalue weighted by Gasteiger charge is -2.03. The zero-order chi connectivity index (χ0) is 13.6. The second-order valence-corrected chi connectivity index (χ2v) is 11.7. The van der Waals surface area contributed by atoms with Crippen molar-refractivity contribution in [3.8, 4) is 0 Å². The largest absolute Gasteiger partial charge is 0.353 e. The van der Waals surface area contributed by atoms with Crippen molar-refractivity contribution < 1.29 is 4.89 Å². The molecule has 0 saturated carbocycles. The predicted octanol–water partition coefficient (Wildman–Crippen LogP) is 5.69. The molecule has 1 atom stereocenters. The zero-order valence-corrected chi connectivity index (χ0v) is 14.8. The molecule has 18 heavy (non-hydrogen) atoms. The fourth-order valence-electron chi connectivity index (χ4n) is 2.01. The second-order valence-electron chi connectivity index (χ2n) is 4.95. The summed E-state index contributed by atoms with van der Waals surface area (Å²) in [5, 5.41) is 0. The van der Waals surface area contributed by atoms with Crippen LogP contribution < -0.4 is 0 Å². The van der Waals surface area contributed by atoms with Gasteiger partial charge in [-0.2, -0.15) is 4.89 Å². The normalized spacial score (nSPS) is 12.2. The molecule has 0 saturated heterocycles. The van der Waals surface area contributed by atoms with Crippen LogP contribution in [-0.2, 0) is 10.1 Å². The fourth-order valence-corrected chi connectivity index (χ4v) is 6.84. The van der Waals surface area contributed by atoms with Crippen LogP contribution in [0.15, 0.2) is 0 Å². The molecule has 0 fully saturated rings. The minimum atomic E-state index is -0.991. The van der Waals surface area contributed by atoms with E-state index < -0.39 is 6.13 Å². The van der Waals surface area contributed by atoms with Crippen molar-refractivity contribution in [1.29, 1.82) is 0 Å². The van der Waals surface area contributed by atoms with E-state index in [0.29, 0.717) is 0 Å². The fraction of sp³-hybridized carbons (Fsp3) is 1.00. The number of thiol groups is 1. The maximum atomic E-state index is 9.76. The van der Waals surface area contributed by atoms with Gasteiger partial charge in [0.05, 0.1) is 0 Å². The zero-order valence-electron chi connectivity index (χ0n) is 12.2. The molecule has 0 amide bonds. The average Bonchev–Trinajstić information content (AvgIpc) is 2.35. The highest BCUT2D eigenvalue weighted by atomic mass is 32.9. The van der Waals surface area contributed by atoms with Crippen LogP contribution in [0.5, 0.6) is 0 Å². The van der Waals surface area contributed by atoms with Crippen LogP contribution in [0.3, 0.4) is 0 Å². The molecular formula is C14H32OPS2+. The lowest BCUT2D eigenvalue weighted by atomic mass is 10.2. The molecule has 0 radical (unpaired) electrons. The summed E-state index contributed by atoms with van der Waals surface area (Å²) in [5.41, 5.74) is 0. The Morgan fingerprint density at radius 2 is 1.17 bits per heavy atom. The third kappa shape index (κ3) is 12.0. The van der Waals surface area contributed by atoms with E-state index in [4.69, 9.17) is 0 Å². The number of hydrogen-bond donors (Lipinski definition) is 2. The highest BCUT2D eigenvalue weighted by molar-refractivity contribution is 8.60. The first-order chi connectivity index (χ1) is 8.72. The van der Waals surface area contributed by atoms with Gasteiger partial charge in [0.2, 0.25) is 0 Å². The molecule has 0 heterocycles. The molecule has 0 aromatic carbocycles. The first kappa shape index (κ1) is 19.0. The van der Waals surface area contributed by atoms with Gasteiger partial charge in [-0.15, -0.1) is 0 Å². The Morgan fingerprint density at radius 1 is 0.778 bits per heavy atom. The highest BCUT2D eigenvalue weighted by Gasteiger charge is 2.10. The van der Waals surface area contributed by atoms with E-state index in [1.54, 1.807) is 0 Å². The van der Waals surface area contributed by atoms with Gasteiger partial charge in [0.1, 0.15) is 12.2 Å². The molecule has 0 rings (SSSR count). The van der Waals surface area contributed by atoms with Crippen LogP contribution in [0.25, 0.3) is 0 Å². The minimum absolute atomic E-state index is 0.198. The van der Waals surface area contributed by atoms with E-state index in [1.165, 1.54) is 75.7 Å². The maximum absolute atomic E-state index is 9.76. The van der Waals surface area contributed by atoms with Gasteiger partial charge < -0.3 is 0 Å². The van der Waals surface area contributed by atoms with Gasteiger partial charge in [0, 0.05) is 21.6 Å². The minimum Gasteiger partial charge on any atom is -0.178 e. The summed E-state index contributed by atoms with van der Waals surface area (Å²) >= 11 is 4.31. The van der Waals surface area contributed by atoms with Crippen molar-refractivity contribution in [3.05, 3.63) is 0 Å². The Hall–Kier alpha value is 0.960. The summed E-state index contributed by atoms with van der Waals surface area (Å²) in [6.07, 6.45) is 12.3. The molecule has 1 N–H and O–H groups in total. The summed E-state index contributed by atoms with van der Waals surface area (Å²) in [5.74, 6) is 2.42. The van der Waals surface area contributed by atoms with E-state index in [-0.39, 0.29) is 10.1 Å². The lowest BCUT2D eigenvalue weighted by Crippen LogP contribution is -2.01. The van der Waals surface area contributed by atoms with Crippen molar-refractivity contribution in [1.82, 2.24) is 0 Å². The van der Waals surface area contributed by atoms with Crippen molar-refractivity contribution in [2.75, 3.05) is 11.5 Å². The Bertz CT molecular complexity index is 200. The van der Waals surface area contributed by atoms with E-state index >= 15 is 0 Å². The standard InChI is InChI=1S/C14H32OPS2/c1-3-5-7-9-11-13-18(16(15)17)14-12-10-8-6-4-2/h15,17H,3-14H2,1-2H3/q+1. The lowest BCUT2D eigenvalue weighted by molar-refractivity contribution is 0.651. The van der Waals surface area contributed by atoms with Gasteiger partial charge in [-0.1, -0.05) is 65.2 Å². The van der Waals surface area contributed by atoms with Gasteiger partial charge in [0.25, 0.3) is 0 Å². The average molecular weight is 312 g/mol. The molecule has 0 aliphatic heterocycles. The van der Waals surface area contributed by atoms with Crippen LogP contribution in [0.2, 0.25) is 0 Å². The summed E-state index contributed by atoms with van der Waals surface area (Å²) in [6.45, 7) is 4.50. The Labute approximate surface area is 123 Å².